The van der Waals surface area contributed by atoms with E-state index in [1.807, 2.05) is 13.8 Å². The summed E-state index contributed by atoms with van der Waals surface area (Å²) in [6.45, 7) is 6.54. The monoisotopic (exact) mass is 343 g/mol. The molecule has 0 unspecified atom stereocenters. The topological polar surface area (TPSA) is 54.5 Å². The number of carbonyl (C=O) groups is 1. The number of ether oxygens (including phenoxy) is 1. The van der Waals surface area contributed by atoms with Crippen molar-refractivity contribution in [2.75, 3.05) is 31.2 Å². The van der Waals surface area contributed by atoms with Crippen molar-refractivity contribution in [3.63, 3.8) is 0 Å². The fraction of sp³-hybridized carbons (Fsp3) is 0.368. The smallest absolute Gasteiger partial charge is 0.253 e. The van der Waals surface area contributed by atoms with Gasteiger partial charge in [-0.05, 0) is 43.7 Å². The van der Waals surface area contributed by atoms with Gasteiger partial charge in [-0.2, -0.15) is 0 Å². The molecule has 0 spiro atoms. The van der Waals surface area contributed by atoms with Gasteiger partial charge in [-0.3, -0.25) is 9.78 Å². The molecule has 1 fully saturated rings. The van der Waals surface area contributed by atoms with Crippen molar-refractivity contribution in [2.45, 2.75) is 19.9 Å². The molecule has 0 bridgehead atoms. The van der Waals surface area contributed by atoms with Crippen LogP contribution < -0.4 is 10.2 Å². The molecule has 5 nitrogen and oxygen atoms in total. The standard InChI is InChI=1S/C19H22FN3O2/c1-13-9-15(12-21-11-13)19(24)22-14(2)17-10-16(20)3-4-18(17)23-5-7-25-8-6-23/h3-4,9-12,14H,5-8H2,1-2H3,(H,22,24)/t14-/m0/s1. The quantitative estimate of drug-likeness (QED) is 0.927. The van der Waals surface area contributed by atoms with Crippen LogP contribution in [0.5, 0.6) is 0 Å². The highest BCUT2D eigenvalue weighted by molar-refractivity contribution is 5.94. The van der Waals surface area contributed by atoms with E-state index in [-0.39, 0.29) is 17.8 Å². The molecule has 2 aromatic rings. The summed E-state index contributed by atoms with van der Waals surface area (Å²) in [5.74, 6) is -0.536. The van der Waals surface area contributed by atoms with Crippen LogP contribution >= 0.6 is 0 Å². The maximum atomic E-state index is 13.8. The molecule has 0 saturated carbocycles. The number of halogens is 1. The van der Waals surface area contributed by atoms with E-state index in [0.717, 1.165) is 29.9 Å². The molecular weight excluding hydrogens is 321 g/mol. The van der Waals surface area contributed by atoms with E-state index in [9.17, 15) is 9.18 Å². The molecule has 0 aliphatic carbocycles. The summed E-state index contributed by atoms with van der Waals surface area (Å²) in [6, 6.07) is 6.16. The Hall–Kier alpha value is -2.47. The molecule has 1 saturated heterocycles. The lowest BCUT2D eigenvalue weighted by Gasteiger charge is -2.32. The summed E-state index contributed by atoms with van der Waals surface area (Å²) in [5.41, 5.74) is 3.10. The Balaban J connectivity index is 1.82. The Kier molecular flexibility index (Phi) is 5.28. The van der Waals surface area contributed by atoms with Crippen molar-refractivity contribution < 1.29 is 13.9 Å². The highest BCUT2D eigenvalue weighted by Gasteiger charge is 2.20. The van der Waals surface area contributed by atoms with Crippen molar-refractivity contribution >= 4 is 11.6 Å². The van der Waals surface area contributed by atoms with Crippen LogP contribution in [0.1, 0.15) is 34.5 Å². The van der Waals surface area contributed by atoms with Crippen molar-refractivity contribution in [3.8, 4) is 0 Å². The second-order valence-electron chi connectivity index (χ2n) is 6.25. The minimum absolute atomic E-state index is 0.221. The molecule has 1 atom stereocenters. The zero-order valence-corrected chi connectivity index (χ0v) is 14.5. The third-order valence-electron chi connectivity index (χ3n) is 4.29. The van der Waals surface area contributed by atoms with Crippen LogP contribution in [-0.4, -0.2) is 37.2 Å². The summed E-state index contributed by atoms with van der Waals surface area (Å²) < 4.78 is 19.2. The third kappa shape index (κ3) is 4.14. The molecule has 0 radical (unpaired) electrons. The van der Waals surface area contributed by atoms with Gasteiger partial charge < -0.3 is 15.0 Å². The molecule has 1 aromatic carbocycles. The Bertz CT molecular complexity index is 760. The summed E-state index contributed by atoms with van der Waals surface area (Å²) >= 11 is 0. The molecule has 1 amide bonds. The van der Waals surface area contributed by atoms with Gasteiger partial charge in [0.15, 0.2) is 0 Å². The first-order valence-corrected chi connectivity index (χ1v) is 8.39. The van der Waals surface area contributed by atoms with Gasteiger partial charge in [0, 0.05) is 36.7 Å². The zero-order chi connectivity index (χ0) is 17.8. The maximum Gasteiger partial charge on any atom is 0.253 e. The van der Waals surface area contributed by atoms with Crippen molar-refractivity contribution in [2.24, 2.45) is 0 Å². The van der Waals surface area contributed by atoms with Crippen LogP contribution in [0.25, 0.3) is 0 Å². The number of aromatic nitrogens is 1. The second kappa shape index (κ2) is 7.61. The lowest BCUT2D eigenvalue weighted by atomic mass is 10.0. The molecule has 132 valence electrons. The first-order valence-electron chi connectivity index (χ1n) is 8.39. The van der Waals surface area contributed by atoms with Crippen LogP contribution in [0.4, 0.5) is 10.1 Å². The van der Waals surface area contributed by atoms with E-state index in [1.165, 1.54) is 18.3 Å². The van der Waals surface area contributed by atoms with Gasteiger partial charge in [0.2, 0.25) is 0 Å². The van der Waals surface area contributed by atoms with E-state index < -0.39 is 0 Å². The largest absolute Gasteiger partial charge is 0.378 e. The Morgan fingerprint density at radius 2 is 2.04 bits per heavy atom. The van der Waals surface area contributed by atoms with Crippen molar-refractivity contribution in [1.29, 1.82) is 0 Å². The SMILES string of the molecule is Cc1cncc(C(=O)N[C@@H](C)c2cc(F)ccc2N2CCOCC2)c1. The van der Waals surface area contributed by atoms with E-state index in [0.29, 0.717) is 18.8 Å². The van der Waals surface area contributed by atoms with Gasteiger partial charge in [-0.1, -0.05) is 0 Å². The minimum Gasteiger partial charge on any atom is -0.378 e. The van der Waals surface area contributed by atoms with Crippen molar-refractivity contribution in [3.05, 3.63) is 59.2 Å². The number of nitrogens with zero attached hydrogens (tertiary/aromatic N) is 2. The number of amides is 1. The summed E-state index contributed by atoms with van der Waals surface area (Å²) in [5, 5.41) is 2.94. The van der Waals surface area contributed by atoms with E-state index in [1.54, 1.807) is 18.3 Å². The highest BCUT2D eigenvalue weighted by atomic mass is 19.1. The highest BCUT2D eigenvalue weighted by Crippen LogP contribution is 2.28. The molecule has 6 heteroatoms. The van der Waals surface area contributed by atoms with Gasteiger partial charge in [0.1, 0.15) is 5.82 Å². The molecule has 25 heavy (non-hydrogen) atoms. The van der Waals surface area contributed by atoms with Crippen LogP contribution in [-0.2, 0) is 4.74 Å². The van der Waals surface area contributed by atoms with Gasteiger partial charge in [0.25, 0.3) is 5.91 Å². The van der Waals surface area contributed by atoms with Crippen LogP contribution in [0.3, 0.4) is 0 Å². The maximum absolute atomic E-state index is 13.8. The number of aryl methyl sites for hydroxylation is 1. The predicted molar refractivity (Wildman–Crippen MR) is 94.3 cm³/mol. The lowest BCUT2D eigenvalue weighted by Crippen LogP contribution is -2.37. The zero-order valence-electron chi connectivity index (χ0n) is 14.5. The van der Waals surface area contributed by atoms with Gasteiger partial charge in [0.05, 0.1) is 24.8 Å². The number of morpholine rings is 1. The minimum atomic E-state index is -0.332. The van der Waals surface area contributed by atoms with Crippen LogP contribution in [0, 0.1) is 12.7 Å². The summed E-state index contributed by atoms with van der Waals surface area (Å²) in [4.78, 5) is 18.7. The molecule has 3 rings (SSSR count). The number of hydrogen-bond donors (Lipinski definition) is 1. The number of carbonyl (C=O) groups excluding carboxylic acids is 1. The van der Waals surface area contributed by atoms with Gasteiger partial charge >= 0.3 is 0 Å². The normalized spacial score (nSPS) is 15.7. The Morgan fingerprint density at radius 3 is 2.76 bits per heavy atom. The third-order valence-corrected chi connectivity index (χ3v) is 4.29. The molecule has 1 aliphatic heterocycles. The Labute approximate surface area is 146 Å². The fourth-order valence-corrected chi connectivity index (χ4v) is 3.00. The first kappa shape index (κ1) is 17.4. The number of hydrogen-bond acceptors (Lipinski definition) is 4. The first-order chi connectivity index (χ1) is 12.0. The summed E-state index contributed by atoms with van der Waals surface area (Å²) in [6.07, 6.45) is 3.23. The van der Waals surface area contributed by atoms with Gasteiger partial charge in [-0.15, -0.1) is 0 Å². The van der Waals surface area contributed by atoms with E-state index in [2.05, 4.69) is 15.2 Å². The number of benzene rings is 1. The number of anilines is 1. The average Bonchev–Trinajstić information content (AvgIpc) is 2.62. The number of nitrogens with one attached hydrogen (secondary N) is 1. The van der Waals surface area contributed by atoms with Crippen LogP contribution in [0.15, 0.2) is 36.7 Å². The lowest BCUT2D eigenvalue weighted by molar-refractivity contribution is 0.0939. The molecule has 1 N–H and O–H groups in total. The Morgan fingerprint density at radius 1 is 1.28 bits per heavy atom. The van der Waals surface area contributed by atoms with Gasteiger partial charge in [-0.25, -0.2) is 4.39 Å². The van der Waals surface area contributed by atoms with E-state index in [4.69, 9.17) is 4.74 Å². The molecule has 1 aromatic heterocycles. The molecular formula is C19H22FN3O2. The van der Waals surface area contributed by atoms with Crippen LogP contribution in [0.2, 0.25) is 0 Å². The van der Waals surface area contributed by atoms with E-state index >= 15 is 0 Å². The van der Waals surface area contributed by atoms with Crippen molar-refractivity contribution in [1.82, 2.24) is 10.3 Å². The predicted octanol–water partition coefficient (Wildman–Crippen LogP) is 2.86. The number of pyridine rings is 1. The molecule has 2 heterocycles. The summed E-state index contributed by atoms with van der Waals surface area (Å²) in [7, 11) is 0. The second-order valence-corrected chi connectivity index (χ2v) is 6.25. The fourth-order valence-electron chi connectivity index (χ4n) is 3.00. The molecule has 1 aliphatic rings. The number of rotatable bonds is 4. The average molecular weight is 343 g/mol.